The summed E-state index contributed by atoms with van der Waals surface area (Å²) in [6, 6.07) is 12.3. The quantitative estimate of drug-likeness (QED) is 0.771. The summed E-state index contributed by atoms with van der Waals surface area (Å²) in [6.07, 6.45) is 1.90. The molecule has 0 amide bonds. The van der Waals surface area contributed by atoms with Crippen molar-refractivity contribution in [3.8, 4) is 10.4 Å². The molecule has 1 saturated heterocycles. The number of hydrogen-bond donors (Lipinski definition) is 2. The molecule has 23 heavy (non-hydrogen) atoms. The molecule has 0 atom stereocenters. The summed E-state index contributed by atoms with van der Waals surface area (Å²) in [6.45, 7) is 3.91. The summed E-state index contributed by atoms with van der Waals surface area (Å²) in [5.41, 5.74) is 2.27. The first-order valence-electron chi connectivity index (χ1n) is 7.62. The standard InChI is InChI=1S/C17H17N5S/c1-11-20-14(13-8-18-9-13)7-16(21-11)22-17-19-10-15(23-17)12-5-3-2-4-6-12/h2-7,10,13,18H,8-9H2,1H3,(H,19,20,21,22). The van der Waals surface area contributed by atoms with Crippen LogP contribution in [0.5, 0.6) is 0 Å². The average molecular weight is 323 g/mol. The Bertz CT molecular complexity index is 811. The van der Waals surface area contributed by atoms with Crippen LogP contribution in [-0.2, 0) is 0 Å². The number of aromatic nitrogens is 3. The highest BCUT2D eigenvalue weighted by Gasteiger charge is 2.21. The van der Waals surface area contributed by atoms with Gasteiger partial charge < -0.3 is 10.6 Å². The van der Waals surface area contributed by atoms with Gasteiger partial charge in [0.2, 0.25) is 0 Å². The van der Waals surface area contributed by atoms with E-state index in [-0.39, 0.29) is 0 Å². The molecule has 5 nitrogen and oxygen atoms in total. The molecule has 1 aliphatic rings. The summed E-state index contributed by atoms with van der Waals surface area (Å²) in [4.78, 5) is 14.6. The highest BCUT2D eigenvalue weighted by atomic mass is 32.1. The highest BCUT2D eigenvalue weighted by Crippen LogP contribution is 2.30. The summed E-state index contributed by atoms with van der Waals surface area (Å²) in [7, 11) is 0. The number of benzene rings is 1. The molecule has 1 aromatic carbocycles. The second kappa shape index (κ2) is 6.06. The van der Waals surface area contributed by atoms with Crippen LogP contribution in [0.4, 0.5) is 10.9 Å². The Morgan fingerprint density at radius 1 is 1.17 bits per heavy atom. The van der Waals surface area contributed by atoms with Crippen LogP contribution in [0.15, 0.2) is 42.6 Å². The van der Waals surface area contributed by atoms with Crippen LogP contribution >= 0.6 is 11.3 Å². The van der Waals surface area contributed by atoms with Crippen molar-refractivity contribution >= 4 is 22.3 Å². The third kappa shape index (κ3) is 3.09. The van der Waals surface area contributed by atoms with E-state index >= 15 is 0 Å². The van der Waals surface area contributed by atoms with Gasteiger partial charge in [-0.15, -0.1) is 0 Å². The SMILES string of the molecule is Cc1nc(Nc2ncc(-c3ccccc3)s2)cc(C2CNC2)n1. The molecule has 2 aromatic heterocycles. The minimum absolute atomic E-state index is 0.494. The maximum atomic E-state index is 4.54. The van der Waals surface area contributed by atoms with Crippen molar-refractivity contribution in [2.45, 2.75) is 12.8 Å². The topological polar surface area (TPSA) is 62.7 Å². The monoisotopic (exact) mass is 323 g/mol. The van der Waals surface area contributed by atoms with Crippen LogP contribution in [0.3, 0.4) is 0 Å². The Kier molecular flexibility index (Phi) is 3.77. The van der Waals surface area contributed by atoms with Crippen molar-refractivity contribution < 1.29 is 0 Å². The van der Waals surface area contributed by atoms with Crippen molar-refractivity contribution in [3.05, 3.63) is 54.1 Å². The van der Waals surface area contributed by atoms with Gasteiger partial charge in [0.1, 0.15) is 11.6 Å². The van der Waals surface area contributed by atoms with E-state index in [1.807, 2.05) is 37.4 Å². The number of thiazole rings is 1. The smallest absolute Gasteiger partial charge is 0.188 e. The van der Waals surface area contributed by atoms with E-state index in [0.717, 1.165) is 40.4 Å². The van der Waals surface area contributed by atoms with Gasteiger partial charge in [-0.2, -0.15) is 0 Å². The van der Waals surface area contributed by atoms with Crippen LogP contribution in [0.2, 0.25) is 0 Å². The van der Waals surface area contributed by atoms with E-state index in [1.165, 1.54) is 5.56 Å². The fourth-order valence-electron chi connectivity index (χ4n) is 2.54. The second-order valence-electron chi connectivity index (χ2n) is 5.60. The molecule has 0 bridgehead atoms. The number of anilines is 2. The van der Waals surface area contributed by atoms with Crippen LogP contribution < -0.4 is 10.6 Å². The zero-order chi connectivity index (χ0) is 15.6. The lowest BCUT2D eigenvalue weighted by atomic mass is 9.99. The van der Waals surface area contributed by atoms with Crippen molar-refractivity contribution in [1.82, 2.24) is 20.3 Å². The molecule has 0 spiro atoms. The minimum Gasteiger partial charge on any atom is -0.316 e. The van der Waals surface area contributed by atoms with Gasteiger partial charge in [0.15, 0.2) is 5.13 Å². The molecule has 6 heteroatoms. The van der Waals surface area contributed by atoms with E-state index in [9.17, 15) is 0 Å². The molecule has 0 aliphatic carbocycles. The third-order valence-corrected chi connectivity index (χ3v) is 4.82. The number of nitrogens with zero attached hydrogens (tertiary/aromatic N) is 3. The predicted octanol–water partition coefficient (Wildman–Crippen LogP) is 3.34. The molecule has 1 fully saturated rings. The summed E-state index contributed by atoms with van der Waals surface area (Å²) in [5.74, 6) is 2.10. The first-order valence-corrected chi connectivity index (χ1v) is 8.44. The fraction of sp³-hybridized carbons (Fsp3) is 0.235. The number of hydrogen-bond acceptors (Lipinski definition) is 6. The molecule has 0 unspecified atom stereocenters. The van der Waals surface area contributed by atoms with Gasteiger partial charge in [0.25, 0.3) is 0 Å². The largest absolute Gasteiger partial charge is 0.316 e. The summed E-state index contributed by atoms with van der Waals surface area (Å²) >= 11 is 1.63. The molecule has 4 rings (SSSR count). The summed E-state index contributed by atoms with van der Waals surface area (Å²) < 4.78 is 0. The lowest BCUT2D eigenvalue weighted by Crippen LogP contribution is -2.40. The van der Waals surface area contributed by atoms with E-state index in [2.05, 4.69) is 37.7 Å². The van der Waals surface area contributed by atoms with E-state index in [0.29, 0.717) is 5.92 Å². The summed E-state index contributed by atoms with van der Waals surface area (Å²) in [5, 5.41) is 7.44. The fourth-order valence-corrected chi connectivity index (χ4v) is 3.37. The Balaban J connectivity index is 1.56. The van der Waals surface area contributed by atoms with Gasteiger partial charge in [-0.05, 0) is 12.5 Å². The van der Waals surface area contributed by atoms with Gasteiger partial charge in [-0.3, -0.25) is 0 Å². The molecule has 116 valence electrons. The molecule has 3 aromatic rings. The van der Waals surface area contributed by atoms with Crippen molar-refractivity contribution in [2.75, 3.05) is 18.4 Å². The Hall–Kier alpha value is -2.31. The Morgan fingerprint density at radius 3 is 2.74 bits per heavy atom. The molecule has 0 radical (unpaired) electrons. The van der Waals surface area contributed by atoms with Crippen molar-refractivity contribution in [1.29, 1.82) is 0 Å². The first-order chi connectivity index (χ1) is 11.3. The van der Waals surface area contributed by atoms with Crippen molar-refractivity contribution in [3.63, 3.8) is 0 Å². The van der Waals surface area contributed by atoms with Gasteiger partial charge >= 0.3 is 0 Å². The zero-order valence-electron chi connectivity index (χ0n) is 12.8. The molecule has 3 heterocycles. The van der Waals surface area contributed by atoms with Crippen LogP contribution in [0, 0.1) is 6.92 Å². The molecular weight excluding hydrogens is 306 g/mol. The second-order valence-corrected chi connectivity index (χ2v) is 6.63. The highest BCUT2D eigenvalue weighted by molar-refractivity contribution is 7.18. The van der Waals surface area contributed by atoms with E-state index in [4.69, 9.17) is 0 Å². The van der Waals surface area contributed by atoms with E-state index < -0.39 is 0 Å². The molecule has 2 N–H and O–H groups in total. The van der Waals surface area contributed by atoms with Gasteiger partial charge in [0.05, 0.1) is 10.6 Å². The Morgan fingerprint density at radius 2 is 2.00 bits per heavy atom. The van der Waals surface area contributed by atoms with Crippen LogP contribution in [0.1, 0.15) is 17.4 Å². The molecule has 1 aliphatic heterocycles. The van der Waals surface area contributed by atoms with Crippen LogP contribution in [-0.4, -0.2) is 28.0 Å². The van der Waals surface area contributed by atoms with Gasteiger partial charge in [-0.1, -0.05) is 41.7 Å². The molecular formula is C17H17N5S. The predicted molar refractivity (Wildman–Crippen MR) is 93.2 cm³/mol. The number of aryl methyl sites for hydroxylation is 1. The number of nitrogens with one attached hydrogen (secondary N) is 2. The maximum Gasteiger partial charge on any atom is 0.188 e. The zero-order valence-corrected chi connectivity index (χ0v) is 13.6. The van der Waals surface area contributed by atoms with Crippen molar-refractivity contribution in [2.24, 2.45) is 0 Å². The third-order valence-electron chi connectivity index (χ3n) is 3.86. The lowest BCUT2D eigenvalue weighted by Gasteiger charge is -2.26. The Labute approximate surface area is 138 Å². The average Bonchev–Trinajstić information content (AvgIpc) is 2.94. The van der Waals surface area contributed by atoms with Gasteiger partial charge in [0, 0.05) is 31.3 Å². The number of rotatable bonds is 4. The maximum absolute atomic E-state index is 4.54. The minimum atomic E-state index is 0.494. The molecule has 0 saturated carbocycles. The lowest BCUT2D eigenvalue weighted by molar-refractivity contribution is 0.438. The van der Waals surface area contributed by atoms with Gasteiger partial charge in [-0.25, -0.2) is 15.0 Å². The first kappa shape index (κ1) is 14.3. The van der Waals surface area contributed by atoms with Crippen LogP contribution in [0.25, 0.3) is 10.4 Å². The normalized spacial score (nSPS) is 14.5. The van der Waals surface area contributed by atoms with E-state index in [1.54, 1.807) is 11.3 Å².